The summed E-state index contributed by atoms with van der Waals surface area (Å²) >= 11 is 1.63. The van der Waals surface area contributed by atoms with E-state index in [1.54, 1.807) is 11.8 Å². The second-order valence-corrected chi connectivity index (χ2v) is 5.99. The van der Waals surface area contributed by atoms with Crippen LogP contribution in [0.5, 0.6) is 0 Å². The monoisotopic (exact) mass is 269 g/mol. The van der Waals surface area contributed by atoms with Crippen LogP contribution < -0.4 is 5.32 Å². The molecule has 0 saturated heterocycles. The highest BCUT2D eigenvalue weighted by molar-refractivity contribution is 8.00. The van der Waals surface area contributed by atoms with Crippen LogP contribution in [0.25, 0.3) is 0 Å². The lowest BCUT2D eigenvalue weighted by molar-refractivity contribution is -0.115. The number of para-hydroxylation sites is 1. The van der Waals surface area contributed by atoms with Crippen LogP contribution in [0.4, 0.5) is 5.69 Å². The van der Waals surface area contributed by atoms with E-state index in [-0.39, 0.29) is 11.2 Å². The SMILES string of the molecule is Cc1ccc(C2Sc3ccccc3NC2=O)c(C)c1. The van der Waals surface area contributed by atoms with Gasteiger partial charge in [-0.3, -0.25) is 4.79 Å². The summed E-state index contributed by atoms with van der Waals surface area (Å²) in [6.07, 6.45) is 0. The van der Waals surface area contributed by atoms with Crippen LogP contribution in [0.2, 0.25) is 0 Å². The second kappa shape index (κ2) is 4.74. The van der Waals surface area contributed by atoms with E-state index in [2.05, 4.69) is 43.4 Å². The largest absolute Gasteiger partial charge is 0.324 e. The first-order valence-electron chi connectivity index (χ1n) is 6.29. The Bertz CT molecular complexity index is 651. The Kier molecular flexibility index (Phi) is 3.07. The molecule has 1 amide bonds. The molecule has 3 rings (SSSR count). The predicted octanol–water partition coefficient (Wildman–Crippen LogP) is 4.09. The Balaban J connectivity index is 2.01. The first-order chi connectivity index (χ1) is 9.15. The lowest BCUT2D eigenvalue weighted by Gasteiger charge is -2.25. The summed E-state index contributed by atoms with van der Waals surface area (Å²) in [7, 11) is 0. The van der Waals surface area contributed by atoms with Crippen LogP contribution in [-0.2, 0) is 4.79 Å². The number of nitrogens with one attached hydrogen (secondary N) is 1. The van der Waals surface area contributed by atoms with Crippen LogP contribution in [-0.4, -0.2) is 5.91 Å². The Labute approximate surface area is 117 Å². The van der Waals surface area contributed by atoms with Crippen LogP contribution >= 0.6 is 11.8 Å². The quantitative estimate of drug-likeness (QED) is 0.845. The number of hydrogen-bond donors (Lipinski definition) is 1. The van der Waals surface area contributed by atoms with Crippen molar-refractivity contribution in [3.63, 3.8) is 0 Å². The molecule has 1 aliphatic heterocycles. The number of amides is 1. The van der Waals surface area contributed by atoms with Gasteiger partial charge in [0.25, 0.3) is 0 Å². The maximum Gasteiger partial charge on any atom is 0.242 e. The molecule has 2 nitrogen and oxygen atoms in total. The van der Waals surface area contributed by atoms with Gasteiger partial charge in [-0.1, -0.05) is 35.9 Å². The summed E-state index contributed by atoms with van der Waals surface area (Å²) in [6, 6.07) is 14.2. The van der Waals surface area contributed by atoms with Crippen LogP contribution in [0.3, 0.4) is 0 Å². The van der Waals surface area contributed by atoms with E-state index in [1.165, 1.54) is 11.1 Å². The minimum atomic E-state index is -0.157. The van der Waals surface area contributed by atoms with Crippen molar-refractivity contribution in [2.75, 3.05) is 5.32 Å². The van der Waals surface area contributed by atoms with Gasteiger partial charge in [0.2, 0.25) is 5.91 Å². The standard InChI is InChI=1S/C16H15NOS/c1-10-7-8-12(11(2)9-10)15-16(18)17-13-5-3-4-6-14(13)19-15/h3-9,15H,1-2H3,(H,17,18). The van der Waals surface area contributed by atoms with E-state index in [0.717, 1.165) is 16.1 Å². The van der Waals surface area contributed by atoms with E-state index in [9.17, 15) is 4.79 Å². The Morgan fingerprint density at radius 3 is 2.68 bits per heavy atom. The number of thioether (sulfide) groups is 1. The molecule has 3 heteroatoms. The molecular formula is C16H15NOS. The molecule has 1 aliphatic rings. The van der Waals surface area contributed by atoms with E-state index < -0.39 is 0 Å². The van der Waals surface area contributed by atoms with Gasteiger partial charge in [0.05, 0.1) is 5.69 Å². The summed E-state index contributed by atoms with van der Waals surface area (Å²) in [5.74, 6) is 0.0654. The molecule has 0 spiro atoms. The van der Waals surface area contributed by atoms with E-state index >= 15 is 0 Å². The maximum absolute atomic E-state index is 12.3. The number of hydrogen-bond acceptors (Lipinski definition) is 2. The Hall–Kier alpha value is -1.74. The molecular weight excluding hydrogens is 254 g/mol. The number of rotatable bonds is 1. The molecule has 96 valence electrons. The lowest BCUT2D eigenvalue weighted by atomic mass is 10.0. The molecule has 0 saturated carbocycles. The maximum atomic E-state index is 12.3. The van der Waals surface area contributed by atoms with Crippen LogP contribution in [0.15, 0.2) is 47.4 Å². The van der Waals surface area contributed by atoms with Crippen molar-refractivity contribution in [3.05, 3.63) is 59.2 Å². The lowest BCUT2D eigenvalue weighted by Crippen LogP contribution is -2.23. The van der Waals surface area contributed by atoms with E-state index in [0.29, 0.717) is 0 Å². The number of carbonyl (C=O) groups is 1. The number of carbonyl (C=O) groups excluding carboxylic acids is 1. The summed E-state index contributed by atoms with van der Waals surface area (Å²) in [4.78, 5) is 13.4. The van der Waals surface area contributed by atoms with Crippen LogP contribution in [0.1, 0.15) is 21.9 Å². The second-order valence-electron chi connectivity index (χ2n) is 4.84. The van der Waals surface area contributed by atoms with Crippen molar-refractivity contribution in [3.8, 4) is 0 Å². The number of anilines is 1. The fraction of sp³-hybridized carbons (Fsp3) is 0.188. The molecule has 0 aromatic heterocycles. The summed E-state index contributed by atoms with van der Waals surface area (Å²) in [5.41, 5.74) is 4.41. The highest BCUT2D eigenvalue weighted by Crippen LogP contribution is 2.44. The van der Waals surface area contributed by atoms with Crippen LogP contribution in [0, 0.1) is 13.8 Å². The molecule has 1 heterocycles. The highest BCUT2D eigenvalue weighted by atomic mass is 32.2. The topological polar surface area (TPSA) is 29.1 Å². The highest BCUT2D eigenvalue weighted by Gasteiger charge is 2.29. The zero-order valence-electron chi connectivity index (χ0n) is 10.9. The molecule has 0 aliphatic carbocycles. The average Bonchev–Trinajstić information content (AvgIpc) is 2.38. The summed E-state index contributed by atoms with van der Waals surface area (Å²) in [6.45, 7) is 4.14. The average molecular weight is 269 g/mol. The van der Waals surface area contributed by atoms with E-state index in [4.69, 9.17) is 0 Å². The van der Waals surface area contributed by atoms with Gasteiger partial charge >= 0.3 is 0 Å². The van der Waals surface area contributed by atoms with Gasteiger partial charge in [-0.05, 0) is 37.1 Å². The molecule has 0 radical (unpaired) electrons. The number of fused-ring (bicyclic) bond motifs is 1. The Morgan fingerprint density at radius 1 is 1.11 bits per heavy atom. The first kappa shape index (κ1) is 12.3. The third-order valence-corrected chi connectivity index (χ3v) is 4.65. The van der Waals surface area contributed by atoms with Gasteiger partial charge in [-0.2, -0.15) is 0 Å². The smallest absolute Gasteiger partial charge is 0.242 e. The van der Waals surface area contributed by atoms with Crippen molar-refractivity contribution >= 4 is 23.4 Å². The summed E-state index contributed by atoms with van der Waals surface area (Å²) in [5, 5.41) is 2.83. The van der Waals surface area contributed by atoms with Gasteiger partial charge in [-0.15, -0.1) is 11.8 Å². The number of benzene rings is 2. The molecule has 1 N–H and O–H groups in total. The van der Waals surface area contributed by atoms with Gasteiger partial charge in [0.1, 0.15) is 5.25 Å². The van der Waals surface area contributed by atoms with E-state index in [1.807, 2.05) is 18.2 Å². The molecule has 0 fully saturated rings. The Morgan fingerprint density at radius 2 is 1.89 bits per heavy atom. The normalized spacial score (nSPS) is 17.8. The van der Waals surface area contributed by atoms with Crippen molar-refractivity contribution in [2.24, 2.45) is 0 Å². The molecule has 19 heavy (non-hydrogen) atoms. The van der Waals surface area contributed by atoms with Gasteiger partial charge in [-0.25, -0.2) is 0 Å². The van der Waals surface area contributed by atoms with Crippen molar-refractivity contribution < 1.29 is 4.79 Å². The fourth-order valence-corrected chi connectivity index (χ4v) is 3.59. The molecule has 2 aromatic carbocycles. The molecule has 0 bridgehead atoms. The molecule has 1 atom stereocenters. The van der Waals surface area contributed by atoms with Gasteiger partial charge in [0, 0.05) is 4.90 Å². The van der Waals surface area contributed by atoms with Gasteiger partial charge in [0.15, 0.2) is 0 Å². The summed E-state index contributed by atoms with van der Waals surface area (Å²) < 4.78 is 0. The first-order valence-corrected chi connectivity index (χ1v) is 7.17. The van der Waals surface area contributed by atoms with Crippen molar-refractivity contribution in [1.29, 1.82) is 0 Å². The third kappa shape index (κ3) is 2.26. The zero-order chi connectivity index (χ0) is 13.4. The number of aryl methyl sites for hydroxylation is 2. The fourth-order valence-electron chi connectivity index (χ4n) is 2.38. The molecule has 2 aromatic rings. The third-order valence-electron chi connectivity index (χ3n) is 3.34. The minimum absolute atomic E-state index is 0.0654. The van der Waals surface area contributed by atoms with Crippen molar-refractivity contribution in [1.82, 2.24) is 0 Å². The molecule has 1 unspecified atom stereocenters. The zero-order valence-corrected chi connectivity index (χ0v) is 11.8. The predicted molar refractivity (Wildman–Crippen MR) is 79.6 cm³/mol. The van der Waals surface area contributed by atoms with Gasteiger partial charge < -0.3 is 5.32 Å². The van der Waals surface area contributed by atoms with Crippen molar-refractivity contribution in [2.45, 2.75) is 24.0 Å². The minimum Gasteiger partial charge on any atom is -0.324 e.